The number of rotatable bonds is 12. The van der Waals surface area contributed by atoms with Gasteiger partial charge in [0.15, 0.2) is 11.1 Å². The quantitative estimate of drug-likeness (QED) is 0.276. The molecule has 1 unspecified atom stereocenters. The van der Waals surface area contributed by atoms with Gasteiger partial charge in [-0.15, -0.1) is 0 Å². The lowest BCUT2D eigenvalue weighted by molar-refractivity contribution is 0.116. The highest BCUT2D eigenvalue weighted by Crippen LogP contribution is 2.41. The minimum absolute atomic E-state index is 0.0474. The fourth-order valence-corrected chi connectivity index (χ4v) is 4.78. The Kier molecular flexibility index (Phi) is 9.06. The number of hydroxylamine groups is 1. The summed E-state index contributed by atoms with van der Waals surface area (Å²) >= 11 is -1.91. The van der Waals surface area contributed by atoms with Crippen LogP contribution >= 0.6 is 0 Å². The van der Waals surface area contributed by atoms with Crippen LogP contribution < -0.4 is 5.06 Å². The van der Waals surface area contributed by atoms with E-state index in [1.807, 2.05) is 19.1 Å². The van der Waals surface area contributed by atoms with Crippen LogP contribution in [-0.2, 0) is 33.6 Å². The maximum atomic E-state index is 11.2. The van der Waals surface area contributed by atoms with Gasteiger partial charge in [-0.25, -0.2) is 4.21 Å². The number of aliphatic hydroxyl groups is 1. The lowest BCUT2D eigenvalue weighted by atomic mass is 9.84. The van der Waals surface area contributed by atoms with E-state index in [1.165, 1.54) is 0 Å². The maximum Gasteiger partial charge on any atom is 0.154 e. The largest absolute Gasteiger partial charge is 0.396 e. The summed E-state index contributed by atoms with van der Waals surface area (Å²) in [6.07, 6.45) is 2.24. The van der Waals surface area contributed by atoms with Crippen molar-refractivity contribution >= 4 is 27.7 Å². The number of nitrogens with zero attached hydrogens (tertiary/aromatic N) is 3. The van der Waals surface area contributed by atoms with E-state index < -0.39 is 11.1 Å². The molecule has 0 saturated heterocycles. The molecule has 9 heteroatoms. The molecule has 192 valence electrons. The molecule has 2 aromatic heterocycles. The fourth-order valence-electron chi connectivity index (χ4n) is 4.46. The minimum Gasteiger partial charge on any atom is -0.396 e. The van der Waals surface area contributed by atoms with E-state index in [9.17, 15) is 13.9 Å². The van der Waals surface area contributed by atoms with Crippen molar-refractivity contribution in [3.63, 3.8) is 0 Å². The predicted octanol–water partition coefficient (Wildman–Crippen LogP) is 4.58. The molecule has 0 radical (unpaired) electrons. The monoisotopic (exact) mass is 503 g/mol. The van der Waals surface area contributed by atoms with Gasteiger partial charge in [-0.05, 0) is 61.6 Å². The molecule has 0 fully saturated rings. The maximum absolute atomic E-state index is 11.2. The number of fused-ring (bicyclic) bond motifs is 1. The third-order valence-corrected chi connectivity index (χ3v) is 6.89. The van der Waals surface area contributed by atoms with Gasteiger partial charge >= 0.3 is 0 Å². The van der Waals surface area contributed by atoms with Crippen LogP contribution in [0.5, 0.6) is 0 Å². The van der Waals surface area contributed by atoms with E-state index in [0.29, 0.717) is 6.42 Å². The second-order valence-electron chi connectivity index (χ2n) is 9.40. The number of benzene rings is 1. The number of hydrogen-bond donors (Lipinski definition) is 2. The Morgan fingerprint density at radius 1 is 1.26 bits per heavy atom. The van der Waals surface area contributed by atoms with Crippen molar-refractivity contribution in [2.45, 2.75) is 46.8 Å². The van der Waals surface area contributed by atoms with E-state index in [1.54, 1.807) is 25.5 Å². The Labute approximate surface area is 210 Å². The summed E-state index contributed by atoms with van der Waals surface area (Å²) in [5, 5.41) is 12.8. The summed E-state index contributed by atoms with van der Waals surface area (Å²) < 4.78 is 28.4. The summed E-state index contributed by atoms with van der Waals surface area (Å²) in [6, 6.07) is 10.1. The Bertz CT molecular complexity index is 1180. The molecule has 2 atom stereocenters. The van der Waals surface area contributed by atoms with Gasteiger partial charge in [-0.3, -0.25) is 14.9 Å². The molecular formula is C26H37N3O5S. The van der Waals surface area contributed by atoms with E-state index in [-0.39, 0.29) is 30.4 Å². The average molecular weight is 504 g/mol. The van der Waals surface area contributed by atoms with Crippen molar-refractivity contribution < 1.29 is 23.4 Å². The molecule has 35 heavy (non-hydrogen) atoms. The highest BCUT2D eigenvalue weighted by molar-refractivity contribution is 7.79. The number of aryl methyl sites for hydroxylation is 1. The van der Waals surface area contributed by atoms with Crippen LogP contribution in [-0.4, -0.2) is 56.5 Å². The molecule has 0 aliphatic rings. The second-order valence-corrected chi connectivity index (χ2v) is 10.4. The normalized spacial score (nSPS) is 13.8. The molecule has 3 aromatic rings. The summed E-state index contributed by atoms with van der Waals surface area (Å²) in [4.78, 5) is 10.2. The first kappa shape index (κ1) is 27.3. The molecule has 0 amide bonds. The van der Waals surface area contributed by atoms with Crippen molar-refractivity contribution in [3.8, 4) is 11.3 Å². The minimum atomic E-state index is -1.91. The van der Waals surface area contributed by atoms with Crippen LogP contribution in [0.3, 0.4) is 0 Å². The zero-order chi connectivity index (χ0) is 25.8. The van der Waals surface area contributed by atoms with Gasteiger partial charge < -0.3 is 19.0 Å². The van der Waals surface area contributed by atoms with Gasteiger partial charge in [0.2, 0.25) is 0 Å². The van der Waals surface area contributed by atoms with Crippen molar-refractivity contribution in [2.75, 3.05) is 38.2 Å². The smallest absolute Gasteiger partial charge is 0.154 e. The first-order valence-electron chi connectivity index (χ1n) is 11.8. The molecule has 2 heterocycles. The average Bonchev–Trinajstić information content (AvgIpc) is 3.15. The van der Waals surface area contributed by atoms with Gasteiger partial charge in [-0.2, -0.15) is 0 Å². The van der Waals surface area contributed by atoms with Crippen molar-refractivity contribution in [1.29, 1.82) is 0 Å². The fraction of sp³-hybridized carbons (Fsp3) is 0.500. The zero-order valence-electron chi connectivity index (χ0n) is 21.4. The standard InChI is InChI=1S/C26H37N3O5S/c1-7-28-23-11-10-19(29(34-6)13-14-35(31)32)15-21(23)22(16-26(3,4)17-30)25(28)20-9-8-12-27-24(20)18(2)33-5/h8-12,15,18,30H,7,13-14,16-17H2,1-6H3,(H,31,32)/t18-/m0/s1. The second kappa shape index (κ2) is 11.6. The number of hydrogen-bond acceptors (Lipinski definition) is 6. The third kappa shape index (κ3) is 5.92. The summed E-state index contributed by atoms with van der Waals surface area (Å²) in [6.45, 7) is 9.28. The number of pyridine rings is 1. The predicted molar refractivity (Wildman–Crippen MR) is 141 cm³/mol. The van der Waals surface area contributed by atoms with E-state index in [0.717, 1.165) is 45.6 Å². The van der Waals surface area contributed by atoms with E-state index in [2.05, 4.69) is 48.5 Å². The van der Waals surface area contributed by atoms with E-state index in [4.69, 9.17) is 9.57 Å². The number of methoxy groups -OCH3 is 1. The molecule has 0 aliphatic heterocycles. The van der Waals surface area contributed by atoms with Gasteiger partial charge in [0, 0.05) is 42.9 Å². The number of aliphatic hydroxyl groups excluding tert-OH is 1. The van der Waals surface area contributed by atoms with Crippen LogP contribution in [0.1, 0.15) is 45.1 Å². The topological polar surface area (TPSA) is 97.1 Å². The molecule has 1 aromatic carbocycles. The lowest BCUT2D eigenvalue weighted by Crippen LogP contribution is -2.26. The van der Waals surface area contributed by atoms with E-state index >= 15 is 0 Å². The van der Waals surface area contributed by atoms with Crippen LogP contribution in [0.4, 0.5) is 5.69 Å². The summed E-state index contributed by atoms with van der Waals surface area (Å²) in [7, 11) is 3.23. The highest BCUT2D eigenvalue weighted by Gasteiger charge is 2.27. The third-order valence-electron chi connectivity index (χ3n) is 6.36. The Morgan fingerprint density at radius 2 is 2.00 bits per heavy atom. The number of anilines is 1. The first-order chi connectivity index (χ1) is 16.7. The van der Waals surface area contributed by atoms with Gasteiger partial charge in [-0.1, -0.05) is 13.8 Å². The van der Waals surface area contributed by atoms with Crippen LogP contribution in [0.15, 0.2) is 36.5 Å². The van der Waals surface area contributed by atoms with Crippen LogP contribution in [0, 0.1) is 5.41 Å². The SMILES string of the molecule is CCn1c(-c2cccnc2[C@H](C)OC)c(CC(C)(C)CO)c2cc(N(CCS(=O)O)OC)ccc21. The molecule has 0 saturated carbocycles. The summed E-state index contributed by atoms with van der Waals surface area (Å²) in [5.74, 6) is 0.0749. The van der Waals surface area contributed by atoms with Crippen LogP contribution in [0.2, 0.25) is 0 Å². The molecule has 0 spiro atoms. The Hall–Kier alpha value is -2.30. The molecule has 8 nitrogen and oxygen atoms in total. The highest BCUT2D eigenvalue weighted by atomic mass is 32.2. The summed E-state index contributed by atoms with van der Waals surface area (Å²) in [5.41, 5.74) is 5.56. The van der Waals surface area contributed by atoms with Crippen molar-refractivity contribution in [3.05, 3.63) is 47.8 Å². The van der Waals surface area contributed by atoms with Gasteiger partial charge in [0.25, 0.3) is 0 Å². The van der Waals surface area contributed by atoms with Gasteiger partial charge in [0.1, 0.15) is 0 Å². The van der Waals surface area contributed by atoms with Gasteiger partial charge in [0.05, 0.1) is 42.6 Å². The molecule has 3 rings (SSSR count). The first-order valence-corrected chi connectivity index (χ1v) is 13.1. The number of ether oxygens (including phenoxy) is 1. The zero-order valence-corrected chi connectivity index (χ0v) is 22.3. The Morgan fingerprint density at radius 3 is 2.60 bits per heavy atom. The Balaban J connectivity index is 2.32. The molecule has 0 bridgehead atoms. The van der Waals surface area contributed by atoms with Crippen LogP contribution in [0.25, 0.3) is 22.2 Å². The lowest BCUT2D eigenvalue weighted by Gasteiger charge is -2.24. The molecule has 0 aliphatic carbocycles. The molecular weight excluding hydrogens is 466 g/mol. The molecule has 2 N–H and O–H groups in total. The van der Waals surface area contributed by atoms with Crippen molar-refractivity contribution in [2.24, 2.45) is 5.41 Å². The number of aromatic nitrogens is 2. The van der Waals surface area contributed by atoms with Crippen molar-refractivity contribution in [1.82, 2.24) is 9.55 Å².